The normalized spacial score (nSPS) is 11.9. The van der Waals surface area contributed by atoms with Gasteiger partial charge in [0.2, 0.25) is 15.9 Å². The maximum absolute atomic E-state index is 12.7. The fourth-order valence-corrected chi connectivity index (χ4v) is 3.17. The van der Waals surface area contributed by atoms with E-state index in [0.717, 1.165) is 28.8 Å². The van der Waals surface area contributed by atoms with E-state index < -0.39 is 34.2 Å². The van der Waals surface area contributed by atoms with Gasteiger partial charge in [-0.15, -0.1) is 0 Å². The number of benzene rings is 2. The van der Waals surface area contributed by atoms with Crippen molar-refractivity contribution in [2.75, 3.05) is 22.4 Å². The lowest BCUT2D eigenvalue weighted by Crippen LogP contribution is -2.37. The number of anilines is 2. The topological polar surface area (TPSA) is 66.5 Å². The van der Waals surface area contributed by atoms with Crippen molar-refractivity contribution in [2.24, 2.45) is 0 Å². The molecule has 0 spiro atoms. The molecule has 0 aliphatic heterocycles. The zero-order valence-corrected chi connectivity index (χ0v) is 15.0. The highest BCUT2D eigenvalue weighted by molar-refractivity contribution is 7.92. The summed E-state index contributed by atoms with van der Waals surface area (Å²) in [7, 11) is -3.82. The van der Waals surface area contributed by atoms with Crippen LogP contribution in [0.15, 0.2) is 48.5 Å². The van der Waals surface area contributed by atoms with Gasteiger partial charge in [0.05, 0.1) is 17.5 Å². The number of rotatable bonds is 5. The van der Waals surface area contributed by atoms with E-state index in [9.17, 15) is 26.4 Å². The SMILES string of the molecule is CS(=O)(=O)N(CC(=O)Nc1cccc(C(F)(F)F)c1)c1cccc(Cl)c1. The van der Waals surface area contributed by atoms with Crippen molar-refractivity contribution in [3.8, 4) is 0 Å². The quantitative estimate of drug-likeness (QED) is 0.822. The molecule has 0 fully saturated rings. The molecular weight excluding hydrogens is 393 g/mol. The molecule has 5 nitrogen and oxygen atoms in total. The highest BCUT2D eigenvalue weighted by Gasteiger charge is 2.30. The van der Waals surface area contributed by atoms with Crippen LogP contribution in [0.4, 0.5) is 24.5 Å². The molecule has 0 aliphatic carbocycles. The summed E-state index contributed by atoms with van der Waals surface area (Å²) in [5.41, 5.74) is -0.853. The molecule has 0 aliphatic rings. The Labute approximate surface area is 153 Å². The van der Waals surface area contributed by atoms with E-state index >= 15 is 0 Å². The lowest BCUT2D eigenvalue weighted by molar-refractivity contribution is -0.137. The van der Waals surface area contributed by atoms with E-state index in [1.54, 1.807) is 0 Å². The fourth-order valence-electron chi connectivity index (χ4n) is 2.14. The summed E-state index contributed by atoms with van der Waals surface area (Å²) in [5.74, 6) is -0.797. The zero-order valence-electron chi connectivity index (χ0n) is 13.4. The predicted molar refractivity (Wildman–Crippen MR) is 93.7 cm³/mol. The van der Waals surface area contributed by atoms with Crippen molar-refractivity contribution in [2.45, 2.75) is 6.18 Å². The van der Waals surface area contributed by atoms with Crippen molar-refractivity contribution in [1.82, 2.24) is 0 Å². The van der Waals surface area contributed by atoms with E-state index in [4.69, 9.17) is 11.6 Å². The van der Waals surface area contributed by atoms with E-state index in [0.29, 0.717) is 0 Å². The van der Waals surface area contributed by atoms with Gasteiger partial charge in [-0.2, -0.15) is 13.2 Å². The van der Waals surface area contributed by atoms with Crippen molar-refractivity contribution in [3.63, 3.8) is 0 Å². The van der Waals surface area contributed by atoms with Gasteiger partial charge in [-0.25, -0.2) is 8.42 Å². The molecule has 1 N–H and O–H groups in total. The van der Waals surface area contributed by atoms with Crippen LogP contribution in [-0.4, -0.2) is 27.1 Å². The molecule has 2 aromatic rings. The van der Waals surface area contributed by atoms with Gasteiger partial charge in [0.25, 0.3) is 0 Å². The van der Waals surface area contributed by atoms with E-state index in [1.807, 2.05) is 0 Å². The number of sulfonamides is 1. The molecule has 1 amide bonds. The van der Waals surface area contributed by atoms with Gasteiger partial charge >= 0.3 is 6.18 Å². The summed E-state index contributed by atoms with van der Waals surface area (Å²) in [5, 5.41) is 2.54. The number of nitrogens with zero attached hydrogens (tertiary/aromatic N) is 1. The molecular formula is C16H14ClF3N2O3S. The Morgan fingerprint density at radius 1 is 1.15 bits per heavy atom. The molecule has 10 heteroatoms. The molecule has 2 rings (SSSR count). The molecule has 140 valence electrons. The van der Waals surface area contributed by atoms with Gasteiger partial charge in [-0.3, -0.25) is 9.10 Å². The summed E-state index contributed by atoms with van der Waals surface area (Å²) >= 11 is 5.84. The molecule has 0 radical (unpaired) electrons. The van der Waals surface area contributed by atoms with Gasteiger partial charge in [-0.05, 0) is 36.4 Å². The number of carbonyl (C=O) groups excluding carboxylic acids is 1. The molecule has 0 saturated heterocycles. The van der Waals surface area contributed by atoms with E-state index in [1.165, 1.54) is 30.3 Å². The Kier molecular flexibility index (Phi) is 5.82. The van der Waals surface area contributed by atoms with Crippen LogP contribution in [0.2, 0.25) is 5.02 Å². The van der Waals surface area contributed by atoms with Crippen LogP contribution in [0.25, 0.3) is 0 Å². The molecule has 0 atom stereocenters. The monoisotopic (exact) mass is 406 g/mol. The minimum Gasteiger partial charge on any atom is -0.325 e. The zero-order chi connectivity index (χ0) is 19.5. The first-order valence-electron chi connectivity index (χ1n) is 7.17. The van der Waals surface area contributed by atoms with Gasteiger partial charge < -0.3 is 5.32 Å². The second kappa shape index (κ2) is 7.55. The fraction of sp³-hybridized carbons (Fsp3) is 0.188. The Morgan fingerprint density at radius 2 is 1.81 bits per heavy atom. The second-order valence-electron chi connectivity index (χ2n) is 5.38. The molecule has 2 aromatic carbocycles. The van der Waals surface area contributed by atoms with Gasteiger partial charge in [0, 0.05) is 10.7 Å². The molecule has 0 unspecified atom stereocenters. The largest absolute Gasteiger partial charge is 0.416 e. The van der Waals surface area contributed by atoms with Crippen LogP contribution in [-0.2, 0) is 21.0 Å². The number of hydrogen-bond acceptors (Lipinski definition) is 3. The van der Waals surface area contributed by atoms with Crippen LogP contribution >= 0.6 is 11.6 Å². The Morgan fingerprint density at radius 3 is 2.38 bits per heavy atom. The lowest BCUT2D eigenvalue weighted by atomic mass is 10.2. The highest BCUT2D eigenvalue weighted by Crippen LogP contribution is 2.30. The molecule has 0 aromatic heterocycles. The highest BCUT2D eigenvalue weighted by atomic mass is 35.5. The van der Waals surface area contributed by atoms with Crippen molar-refractivity contribution in [3.05, 3.63) is 59.1 Å². The minimum absolute atomic E-state index is 0.0932. The molecule has 26 heavy (non-hydrogen) atoms. The maximum Gasteiger partial charge on any atom is 0.416 e. The Bertz CT molecular complexity index is 917. The van der Waals surface area contributed by atoms with Crippen LogP contribution in [0, 0.1) is 0 Å². The number of nitrogens with one attached hydrogen (secondary N) is 1. The number of alkyl halides is 3. The predicted octanol–water partition coefficient (Wildman–Crippen LogP) is 3.76. The van der Waals surface area contributed by atoms with Crippen molar-refractivity contribution in [1.29, 1.82) is 0 Å². The average molecular weight is 407 g/mol. The molecule has 0 heterocycles. The first-order valence-corrected chi connectivity index (χ1v) is 9.40. The average Bonchev–Trinajstić information content (AvgIpc) is 2.51. The number of carbonyl (C=O) groups is 1. The summed E-state index contributed by atoms with van der Waals surface area (Å²) in [6.45, 7) is -0.616. The summed E-state index contributed by atoms with van der Waals surface area (Å²) < 4.78 is 62.9. The smallest absolute Gasteiger partial charge is 0.325 e. The first kappa shape index (κ1) is 20.1. The number of halogens is 4. The van der Waals surface area contributed by atoms with Crippen LogP contribution in [0.1, 0.15) is 5.56 Å². The van der Waals surface area contributed by atoms with E-state index in [2.05, 4.69) is 5.32 Å². The first-order chi connectivity index (χ1) is 12.0. The summed E-state index contributed by atoms with van der Waals surface area (Å²) in [4.78, 5) is 12.2. The van der Waals surface area contributed by atoms with Crippen LogP contribution < -0.4 is 9.62 Å². The van der Waals surface area contributed by atoms with Crippen molar-refractivity contribution >= 4 is 38.9 Å². The third-order valence-electron chi connectivity index (χ3n) is 3.26. The Balaban J connectivity index is 2.21. The Hall–Kier alpha value is -2.26. The minimum atomic E-state index is -4.56. The maximum atomic E-state index is 12.7. The van der Waals surface area contributed by atoms with Crippen molar-refractivity contribution < 1.29 is 26.4 Å². The molecule has 0 bridgehead atoms. The standard InChI is InChI=1S/C16H14ClF3N2O3S/c1-26(24,25)22(14-7-3-5-12(17)9-14)10-15(23)21-13-6-2-4-11(8-13)16(18,19)20/h2-9H,10H2,1H3,(H,21,23). The van der Waals surface area contributed by atoms with E-state index in [-0.39, 0.29) is 16.4 Å². The van der Waals surface area contributed by atoms with Gasteiger partial charge in [-0.1, -0.05) is 23.7 Å². The van der Waals surface area contributed by atoms with Gasteiger partial charge in [0.1, 0.15) is 6.54 Å². The van der Waals surface area contributed by atoms with Crippen LogP contribution in [0.5, 0.6) is 0 Å². The molecule has 0 saturated carbocycles. The summed E-state index contributed by atoms with van der Waals surface area (Å²) in [6, 6.07) is 9.91. The third-order valence-corrected chi connectivity index (χ3v) is 4.63. The van der Waals surface area contributed by atoms with Crippen LogP contribution in [0.3, 0.4) is 0 Å². The summed E-state index contributed by atoms with van der Waals surface area (Å²) in [6.07, 6.45) is -3.65. The number of hydrogen-bond donors (Lipinski definition) is 1. The second-order valence-corrected chi connectivity index (χ2v) is 7.72. The third kappa shape index (κ3) is 5.37. The number of amides is 1. The lowest BCUT2D eigenvalue weighted by Gasteiger charge is -2.22. The van der Waals surface area contributed by atoms with Gasteiger partial charge in [0.15, 0.2) is 0 Å².